The predicted molar refractivity (Wildman–Crippen MR) is 51.1 cm³/mol. The number of halogens is 3. The summed E-state index contributed by atoms with van der Waals surface area (Å²) < 4.78 is 35.5. The maximum absolute atomic E-state index is 11.8. The number of alkyl halides is 3. The van der Waals surface area contributed by atoms with Crippen molar-refractivity contribution in [2.75, 3.05) is 18.6 Å². The van der Waals surface area contributed by atoms with Gasteiger partial charge in [0.15, 0.2) is 0 Å². The van der Waals surface area contributed by atoms with E-state index in [-0.39, 0.29) is 0 Å². The molecule has 0 aromatic rings. The molecule has 1 N–H and O–H groups in total. The summed E-state index contributed by atoms with van der Waals surface area (Å²) in [7, 11) is 0. The van der Waals surface area contributed by atoms with Crippen molar-refractivity contribution in [2.45, 2.75) is 32.0 Å². The van der Waals surface area contributed by atoms with Gasteiger partial charge >= 0.3 is 6.18 Å². The van der Waals surface area contributed by atoms with Gasteiger partial charge in [0.05, 0.1) is 6.42 Å². The van der Waals surface area contributed by atoms with E-state index in [9.17, 15) is 13.2 Å². The van der Waals surface area contributed by atoms with Crippen molar-refractivity contribution in [1.82, 2.24) is 5.32 Å². The lowest BCUT2D eigenvalue weighted by Gasteiger charge is -2.15. The first-order valence-electron chi connectivity index (χ1n) is 4.25. The van der Waals surface area contributed by atoms with Crippen molar-refractivity contribution in [3.8, 4) is 0 Å². The van der Waals surface area contributed by atoms with Crippen molar-refractivity contribution in [2.24, 2.45) is 0 Å². The Labute approximate surface area is 81.5 Å². The Morgan fingerprint density at radius 3 is 2.46 bits per heavy atom. The molecule has 1 nitrogen and oxygen atoms in total. The van der Waals surface area contributed by atoms with Crippen LogP contribution in [0.5, 0.6) is 0 Å². The van der Waals surface area contributed by atoms with Gasteiger partial charge in [0.2, 0.25) is 0 Å². The van der Waals surface area contributed by atoms with Gasteiger partial charge in [0.1, 0.15) is 0 Å². The summed E-state index contributed by atoms with van der Waals surface area (Å²) in [5, 5.41) is 2.84. The second-order valence-electron chi connectivity index (χ2n) is 3.02. The van der Waals surface area contributed by atoms with Crippen molar-refractivity contribution in [3.05, 3.63) is 0 Å². The van der Waals surface area contributed by atoms with Crippen LogP contribution >= 0.6 is 11.8 Å². The number of nitrogens with one attached hydrogen (secondary N) is 1. The molecule has 0 spiro atoms. The standard InChI is InChI=1S/C8H16F3NS/c1-7(6-8(9,10)11)12-4-3-5-13-2/h7,12H,3-6H2,1-2H3. The molecule has 80 valence electrons. The Bertz CT molecular complexity index is 127. The Balaban J connectivity index is 3.35. The Kier molecular flexibility index (Phi) is 6.59. The van der Waals surface area contributed by atoms with Gasteiger partial charge in [0.25, 0.3) is 0 Å². The summed E-state index contributed by atoms with van der Waals surface area (Å²) in [6.07, 6.45) is -1.89. The minimum absolute atomic E-state index is 0.471. The average Bonchev–Trinajstić information content (AvgIpc) is 1.94. The fourth-order valence-corrected chi connectivity index (χ4v) is 1.42. The molecule has 0 rings (SSSR count). The second kappa shape index (κ2) is 6.54. The van der Waals surface area contributed by atoms with E-state index in [2.05, 4.69) is 5.32 Å². The van der Waals surface area contributed by atoms with Gasteiger partial charge in [0, 0.05) is 6.04 Å². The lowest BCUT2D eigenvalue weighted by atomic mass is 10.2. The highest BCUT2D eigenvalue weighted by molar-refractivity contribution is 7.98. The summed E-state index contributed by atoms with van der Waals surface area (Å²) in [4.78, 5) is 0. The first kappa shape index (κ1) is 13.1. The zero-order chi connectivity index (χ0) is 10.3. The van der Waals surface area contributed by atoms with Gasteiger partial charge in [-0.2, -0.15) is 24.9 Å². The first-order valence-corrected chi connectivity index (χ1v) is 5.64. The maximum atomic E-state index is 11.8. The molecule has 0 heterocycles. The summed E-state index contributed by atoms with van der Waals surface area (Å²) in [6, 6.07) is -0.471. The van der Waals surface area contributed by atoms with Crippen LogP contribution in [0.1, 0.15) is 19.8 Å². The second-order valence-corrected chi connectivity index (χ2v) is 4.01. The van der Waals surface area contributed by atoms with Crippen molar-refractivity contribution < 1.29 is 13.2 Å². The number of hydrogen-bond donors (Lipinski definition) is 1. The van der Waals surface area contributed by atoms with E-state index in [1.165, 1.54) is 0 Å². The van der Waals surface area contributed by atoms with Crippen LogP contribution in [0, 0.1) is 0 Å². The molecule has 0 amide bonds. The zero-order valence-corrected chi connectivity index (χ0v) is 8.76. The van der Waals surface area contributed by atoms with Gasteiger partial charge < -0.3 is 5.32 Å². The minimum Gasteiger partial charge on any atom is -0.314 e. The SMILES string of the molecule is CSCCCNC(C)CC(F)(F)F. The third-order valence-corrected chi connectivity index (χ3v) is 2.25. The van der Waals surface area contributed by atoms with Crippen LogP contribution in [0.3, 0.4) is 0 Å². The molecule has 1 unspecified atom stereocenters. The van der Waals surface area contributed by atoms with Gasteiger partial charge in [-0.15, -0.1) is 0 Å². The summed E-state index contributed by atoms with van der Waals surface area (Å²) in [5.74, 6) is 0.992. The van der Waals surface area contributed by atoms with Crippen molar-refractivity contribution >= 4 is 11.8 Å². The van der Waals surface area contributed by atoms with Crippen LogP contribution in [0.4, 0.5) is 13.2 Å². The molecule has 0 saturated carbocycles. The molecule has 0 saturated heterocycles. The third kappa shape index (κ3) is 10.0. The monoisotopic (exact) mass is 215 g/mol. The zero-order valence-electron chi connectivity index (χ0n) is 7.95. The molecule has 0 bridgehead atoms. The number of thioether (sulfide) groups is 1. The van der Waals surface area contributed by atoms with E-state index in [1.807, 2.05) is 6.26 Å². The number of rotatable bonds is 6. The molecule has 13 heavy (non-hydrogen) atoms. The van der Waals surface area contributed by atoms with Crippen molar-refractivity contribution in [1.29, 1.82) is 0 Å². The minimum atomic E-state index is -4.05. The molecule has 0 aliphatic carbocycles. The Morgan fingerprint density at radius 2 is 2.00 bits per heavy atom. The normalized spacial score (nSPS) is 14.5. The van der Waals surface area contributed by atoms with Crippen LogP contribution in [0.25, 0.3) is 0 Å². The topological polar surface area (TPSA) is 12.0 Å². The van der Waals surface area contributed by atoms with E-state index in [0.29, 0.717) is 6.54 Å². The Morgan fingerprint density at radius 1 is 1.38 bits per heavy atom. The molecule has 5 heteroatoms. The Hall–Kier alpha value is 0.100. The van der Waals surface area contributed by atoms with Crippen LogP contribution in [0.15, 0.2) is 0 Å². The quantitative estimate of drug-likeness (QED) is 0.684. The first-order chi connectivity index (χ1) is 5.95. The fourth-order valence-electron chi connectivity index (χ4n) is 0.984. The van der Waals surface area contributed by atoms with Crippen LogP contribution in [-0.2, 0) is 0 Å². The van der Waals surface area contributed by atoms with E-state index in [4.69, 9.17) is 0 Å². The molecular formula is C8H16F3NS. The largest absolute Gasteiger partial charge is 0.390 e. The maximum Gasteiger partial charge on any atom is 0.390 e. The molecule has 0 aliphatic rings. The molecule has 0 aromatic carbocycles. The molecular weight excluding hydrogens is 199 g/mol. The molecule has 0 aromatic heterocycles. The molecule has 0 fully saturated rings. The van der Waals surface area contributed by atoms with Crippen LogP contribution in [-0.4, -0.2) is 30.8 Å². The molecule has 1 atom stereocenters. The highest BCUT2D eigenvalue weighted by Gasteiger charge is 2.29. The van der Waals surface area contributed by atoms with E-state index >= 15 is 0 Å². The van der Waals surface area contributed by atoms with Crippen LogP contribution in [0.2, 0.25) is 0 Å². The fraction of sp³-hybridized carbons (Fsp3) is 1.00. The van der Waals surface area contributed by atoms with Gasteiger partial charge in [-0.3, -0.25) is 0 Å². The molecule has 0 aliphatic heterocycles. The van der Waals surface area contributed by atoms with Crippen molar-refractivity contribution in [3.63, 3.8) is 0 Å². The lowest BCUT2D eigenvalue weighted by molar-refractivity contribution is -0.138. The number of hydrogen-bond acceptors (Lipinski definition) is 2. The predicted octanol–water partition coefficient (Wildman–Crippen LogP) is 2.67. The summed E-state index contributed by atoms with van der Waals surface area (Å²) >= 11 is 1.70. The third-order valence-electron chi connectivity index (χ3n) is 1.56. The lowest BCUT2D eigenvalue weighted by Crippen LogP contribution is -2.32. The van der Waals surface area contributed by atoms with E-state index in [1.54, 1.807) is 18.7 Å². The highest BCUT2D eigenvalue weighted by Crippen LogP contribution is 2.21. The van der Waals surface area contributed by atoms with E-state index in [0.717, 1.165) is 12.2 Å². The van der Waals surface area contributed by atoms with E-state index < -0.39 is 18.6 Å². The van der Waals surface area contributed by atoms with Gasteiger partial charge in [-0.1, -0.05) is 0 Å². The smallest absolute Gasteiger partial charge is 0.314 e. The van der Waals surface area contributed by atoms with Gasteiger partial charge in [-0.05, 0) is 31.9 Å². The average molecular weight is 215 g/mol. The summed E-state index contributed by atoms with van der Waals surface area (Å²) in [6.45, 7) is 2.23. The molecule has 0 radical (unpaired) electrons. The highest BCUT2D eigenvalue weighted by atomic mass is 32.2. The van der Waals surface area contributed by atoms with Gasteiger partial charge in [-0.25, -0.2) is 0 Å². The van der Waals surface area contributed by atoms with Crippen LogP contribution < -0.4 is 5.32 Å². The summed E-state index contributed by atoms with van der Waals surface area (Å²) in [5.41, 5.74) is 0.